The number of aryl methyl sites for hydroxylation is 2. The third kappa shape index (κ3) is 2.52. The molecule has 0 aliphatic carbocycles. The van der Waals surface area contributed by atoms with Crippen LogP contribution in [-0.2, 0) is 0 Å². The van der Waals surface area contributed by atoms with Crippen LogP contribution in [0, 0.1) is 13.8 Å². The summed E-state index contributed by atoms with van der Waals surface area (Å²) < 4.78 is 0. The largest absolute Gasteiger partial charge is 0.394 e. The Kier molecular flexibility index (Phi) is 3.60. The van der Waals surface area contributed by atoms with Gasteiger partial charge in [-0.25, -0.2) is 4.98 Å². The molecule has 0 aliphatic heterocycles. The summed E-state index contributed by atoms with van der Waals surface area (Å²) in [5.41, 5.74) is 0.745. The number of nitrogens with zero attached hydrogens (tertiary/aromatic N) is 1. The predicted molar refractivity (Wildman–Crippen MR) is 55.6 cm³/mol. The van der Waals surface area contributed by atoms with Crippen LogP contribution in [0.1, 0.15) is 27.3 Å². The van der Waals surface area contributed by atoms with E-state index in [1.54, 1.807) is 6.92 Å². The van der Waals surface area contributed by atoms with Crippen LogP contribution in [0.2, 0.25) is 0 Å². The van der Waals surface area contributed by atoms with Crippen LogP contribution in [-0.4, -0.2) is 28.6 Å². The van der Waals surface area contributed by atoms with Gasteiger partial charge in [-0.15, -0.1) is 11.3 Å². The lowest BCUT2D eigenvalue weighted by atomic mass is 10.3. The van der Waals surface area contributed by atoms with E-state index in [4.69, 9.17) is 5.11 Å². The summed E-state index contributed by atoms with van der Waals surface area (Å²) in [6.45, 7) is 5.37. The number of amides is 1. The highest BCUT2D eigenvalue weighted by Crippen LogP contribution is 2.16. The fourth-order valence-corrected chi connectivity index (χ4v) is 1.90. The number of nitrogens with one attached hydrogen (secondary N) is 1. The fourth-order valence-electron chi connectivity index (χ4n) is 1.08. The predicted octanol–water partition coefficient (Wildman–Crippen LogP) is 0.871. The molecular formula is C9H14N2O2S. The average Bonchev–Trinajstić information content (AvgIpc) is 2.45. The first kappa shape index (κ1) is 11.1. The highest BCUT2D eigenvalue weighted by Gasteiger charge is 2.14. The Bertz CT molecular complexity index is 336. The minimum atomic E-state index is -0.218. The minimum absolute atomic E-state index is 0.0530. The topological polar surface area (TPSA) is 62.2 Å². The first-order valence-corrected chi connectivity index (χ1v) is 5.22. The smallest absolute Gasteiger partial charge is 0.263 e. The highest BCUT2D eigenvalue weighted by molar-refractivity contribution is 7.13. The highest BCUT2D eigenvalue weighted by atomic mass is 32.1. The molecule has 0 aromatic carbocycles. The number of aliphatic hydroxyl groups excluding tert-OH is 1. The van der Waals surface area contributed by atoms with Crippen molar-refractivity contribution < 1.29 is 9.90 Å². The molecule has 1 heterocycles. The number of rotatable bonds is 3. The molecule has 0 saturated heterocycles. The SMILES string of the molecule is Cc1nc(C)c(C(=O)N[C@@H](C)CO)s1. The Morgan fingerprint density at radius 3 is 2.71 bits per heavy atom. The number of hydrogen-bond acceptors (Lipinski definition) is 4. The van der Waals surface area contributed by atoms with E-state index in [1.807, 2.05) is 13.8 Å². The maximum Gasteiger partial charge on any atom is 0.263 e. The molecule has 1 amide bonds. The quantitative estimate of drug-likeness (QED) is 0.785. The fraction of sp³-hybridized carbons (Fsp3) is 0.556. The Morgan fingerprint density at radius 2 is 2.29 bits per heavy atom. The van der Waals surface area contributed by atoms with Gasteiger partial charge in [0.2, 0.25) is 0 Å². The molecule has 0 fully saturated rings. The second-order valence-corrected chi connectivity index (χ2v) is 4.41. The molecule has 4 nitrogen and oxygen atoms in total. The molecule has 0 bridgehead atoms. The number of thiazole rings is 1. The van der Waals surface area contributed by atoms with Gasteiger partial charge < -0.3 is 10.4 Å². The van der Waals surface area contributed by atoms with E-state index < -0.39 is 0 Å². The van der Waals surface area contributed by atoms with Crippen LogP contribution in [0.5, 0.6) is 0 Å². The van der Waals surface area contributed by atoms with Gasteiger partial charge >= 0.3 is 0 Å². The molecule has 1 aromatic heterocycles. The zero-order chi connectivity index (χ0) is 10.7. The molecule has 1 aromatic rings. The van der Waals surface area contributed by atoms with Crippen molar-refractivity contribution in [3.05, 3.63) is 15.6 Å². The Labute approximate surface area is 87.0 Å². The molecule has 14 heavy (non-hydrogen) atoms. The van der Waals surface area contributed by atoms with Gasteiger partial charge in [0.25, 0.3) is 5.91 Å². The molecule has 0 aliphatic rings. The number of aromatic nitrogens is 1. The molecule has 0 unspecified atom stereocenters. The minimum Gasteiger partial charge on any atom is -0.394 e. The standard InChI is InChI=1S/C9H14N2O2S/c1-5(4-12)10-9(13)8-6(2)11-7(3)14-8/h5,12H,4H2,1-3H3,(H,10,13)/t5-/m0/s1. The van der Waals surface area contributed by atoms with E-state index in [1.165, 1.54) is 11.3 Å². The molecule has 78 valence electrons. The van der Waals surface area contributed by atoms with Crippen LogP contribution < -0.4 is 5.32 Å². The molecular weight excluding hydrogens is 200 g/mol. The second-order valence-electron chi connectivity index (χ2n) is 3.20. The van der Waals surface area contributed by atoms with Crippen molar-refractivity contribution in [2.24, 2.45) is 0 Å². The van der Waals surface area contributed by atoms with E-state index >= 15 is 0 Å². The van der Waals surface area contributed by atoms with E-state index in [9.17, 15) is 4.79 Å². The van der Waals surface area contributed by atoms with Gasteiger partial charge in [0.1, 0.15) is 4.88 Å². The van der Waals surface area contributed by atoms with Gasteiger partial charge in [-0.1, -0.05) is 0 Å². The van der Waals surface area contributed by atoms with Gasteiger partial charge in [0.15, 0.2) is 0 Å². The van der Waals surface area contributed by atoms with Crippen molar-refractivity contribution in [3.63, 3.8) is 0 Å². The zero-order valence-electron chi connectivity index (χ0n) is 8.50. The molecule has 0 radical (unpaired) electrons. The van der Waals surface area contributed by atoms with Crippen LogP contribution >= 0.6 is 11.3 Å². The Morgan fingerprint density at radius 1 is 1.64 bits per heavy atom. The second kappa shape index (κ2) is 4.52. The molecule has 1 atom stereocenters. The Balaban J connectivity index is 2.74. The summed E-state index contributed by atoms with van der Waals surface area (Å²) in [5.74, 6) is -0.158. The van der Waals surface area contributed by atoms with Crippen molar-refractivity contribution in [1.82, 2.24) is 10.3 Å². The molecule has 0 spiro atoms. The van der Waals surface area contributed by atoms with Crippen LogP contribution in [0.3, 0.4) is 0 Å². The summed E-state index contributed by atoms with van der Waals surface area (Å²) in [4.78, 5) is 16.4. The molecule has 5 heteroatoms. The van der Waals surface area contributed by atoms with Gasteiger partial charge in [-0.2, -0.15) is 0 Å². The first-order chi connectivity index (χ1) is 6.54. The van der Waals surface area contributed by atoms with E-state index in [0.717, 1.165) is 10.7 Å². The van der Waals surface area contributed by atoms with Crippen LogP contribution in [0.4, 0.5) is 0 Å². The average molecular weight is 214 g/mol. The van der Waals surface area contributed by atoms with E-state index in [2.05, 4.69) is 10.3 Å². The van der Waals surface area contributed by atoms with Gasteiger partial charge in [0, 0.05) is 6.04 Å². The van der Waals surface area contributed by atoms with Crippen molar-refractivity contribution >= 4 is 17.2 Å². The van der Waals surface area contributed by atoms with E-state index in [0.29, 0.717) is 4.88 Å². The number of carbonyl (C=O) groups is 1. The lowest BCUT2D eigenvalue weighted by Gasteiger charge is -2.09. The summed E-state index contributed by atoms with van der Waals surface area (Å²) in [6, 6.07) is -0.218. The first-order valence-electron chi connectivity index (χ1n) is 4.40. The van der Waals surface area contributed by atoms with Crippen molar-refractivity contribution in [3.8, 4) is 0 Å². The summed E-state index contributed by atoms with van der Waals surface area (Å²) in [7, 11) is 0. The van der Waals surface area contributed by atoms with Gasteiger partial charge in [-0.05, 0) is 20.8 Å². The summed E-state index contributed by atoms with van der Waals surface area (Å²) in [5, 5.41) is 12.3. The molecule has 1 rings (SSSR count). The monoisotopic (exact) mass is 214 g/mol. The third-order valence-corrected chi connectivity index (χ3v) is 2.83. The third-order valence-electron chi connectivity index (χ3n) is 1.76. The summed E-state index contributed by atoms with van der Waals surface area (Å²) in [6.07, 6.45) is 0. The van der Waals surface area contributed by atoms with Crippen molar-refractivity contribution in [1.29, 1.82) is 0 Å². The number of hydrogen-bond donors (Lipinski definition) is 2. The van der Waals surface area contributed by atoms with Crippen LogP contribution in [0.25, 0.3) is 0 Å². The normalized spacial score (nSPS) is 12.6. The van der Waals surface area contributed by atoms with E-state index in [-0.39, 0.29) is 18.6 Å². The van der Waals surface area contributed by atoms with Crippen molar-refractivity contribution in [2.75, 3.05) is 6.61 Å². The van der Waals surface area contributed by atoms with Gasteiger partial charge in [0.05, 0.1) is 17.3 Å². The Hall–Kier alpha value is -0.940. The molecule has 2 N–H and O–H groups in total. The maximum atomic E-state index is 11.6. The maximum absolute atomic E-state index is 11.6. The van der Waals surface area contributed by atoms with Gasteiger partial charge in [-0.3, -0.25) is 4.79 Å². The summed E-state index contributed by atoms with van der Waals surface area (Å²) >= 11 is 1.37. The molecule has 0 saturated carbocycles. The lowest BCUT2D eigenvalue weighted by molar-refractivity contribution is 0.0925. The van der Waals surface area contributed by atoms with Crippen LogP contribution in [0.15, 0.2) is 0 Å². The number of carbonyl (C=O) groups excluding carboxylic acids is 1. The zero-order valence-corrected chi connectivity index (χ0v) is 9.31. The number of aliphatic hydroxyl groups is 1. The lowest BCUT2D eigenvalue weighted by Crippen LogP contribution is -2.34. The van der Waals surface area contributed by atoms with Crippen molar-refractivity contribution in [2.45, 2.75) is 26.8 Å².